The molecule has 1 aliphatic carbocycles. The second-order valence-corrected chi connectivity index (χ2v) is 8.82. The number of carbonyl (C=O) groups excluding carboxylic acids is 4. The zero-order chi connectivity index (χ0) is 22.2. The summed E-state index contributed by atoms with van der Waals surface area (Å²) < 4.78 is 5.34. The molecule has 2 saturated heterocycles. The molecule has 0 bridgehead atoms. The number of imide groups is 1. The molecule has 1 aromatic carbocycles. The van der Waals surface area contributed by atoms with Crippen LogP contribution in [0.3, 0.4) is 0 Å². The fraction of sp³-hybridized carbons (Fsp3) is 0.565. The molecule has 8 heteroatoms. The minimum atomic E-state index is -1.30. The van der Waals surface area contributed by atoms with Gasteiger partial charge in [-0.1, -0.05) is 25.0 Å². The smallest absolute Gasteiger partial charge is 0.241 e. The molecule has 4 amide bonds. The van der Waals surface area contributed by atoms with E-state index in [0.29, 0.717) is 30.7 Å². The SMILES string of the molecule is COc1cccc(C2(CC(=O)N3CCC[C@H]3C(N)=O)CC(=O)N(C3CCCC3)C2=O)c1. The van der Waals surface area contributed by atoms with Crippen molar-refractivity contribution in [2.75, 3.05) is 13.7 Å². The summed E-state index contributed by atoms with van der Waals surface area (Å²) in [6.07, 6.45) is 4.56. The summed E-state index contributed by atoms with van der Waals surface area (Å²) in [6, 6.07) is 6.26. The number of nitrogens with two attached hydrogens (primary N) is 1. The van der Waals surface area contributed by atoms with E-state index >= 15 is 0 Å². The monoisotopic (exact) mass is 427 g/mol. The van der Waals surface area contributed by atoms with Crippen molar-refractivity contribution in [3.8, 4) is 5.75 Å². The van der Waals surface area contributed by atoms with E-state index in [4.69, 9.17) is 10.5 Å². The Morgan fingerprint density at radius 3 is 2.58 bits per heavy atom. The minimum Gasteiger partial charge on any atom is -0.497 e. The van der Waals surface area contributed by atoms with Crippen LogP contribution in [0.25, 0.3) is 0 Å². The van der Waals surface area contributed by atoms with Crippen molar-refractivity contribution >= 4 is 23.6 Å². The van der Waals surface area contributed by atoms with Gasteiger partial charge >= 0.3 is 0 Å². The maximum absolute atomic E-state index is 13.8. The first-order valence-corrected chi connectivity index (χ1v) is 11.0. The molecule has 8 nitrogen and oxygen atoms in total. The number of ether oxygens (including phenoxy) is 1. The fourth-order valence-corrected chi connectivity index (χ4v) is 5.40. The van der Waals surface area contributed by atoms with E-state index in [1.54, 1.807) is 24.3 Å². The van der Waals surface area contributed by atoms with Crippen molar-refractivity contribution in [1.29, 1.82) is 0 Å². The van der Waals surface area contributed by atoms with Crippen LogP contribution in [0.5, 0.6) is 5.75 Å². The summed E-state index contributed by atoms with van der Waals surface area (Å²) in [5.41, 5.74) is 4.79. The number of nitrogens with zero attached hydrogens (tertiary/aromatic N) is 2. The lowest BCUT2D eigenvalue weighted by molar-refractivity contribution is -0.145. The normalized spacial score (nSPS) is 26.7. The molecule has 166 valence electrons. The number of primary amides is 1. The van der Waals surface area contributed by atoms with Gasteiger partial charge in [-0.05, 0) is 43.4 Å². The molecule has 4 rings (SSSR count). The van der Waals surface area contributed by atoms with E-state index in [2.05, 4.69) is 0 Å². The molecule has 3 fully saturated rings. The number of methoxy groups -OCH3 is 1. The second kappa shape index (κ2) is 8.32. The summed E-state index contributed by atoms with van der Waals surface area (Å²) in [5.74, 6) is -0.859. The lowest BCUT2D eigenvalue weighted by atomic mass is 9.75. The van der Waals surface area contributed by atoms with Crippen LogP contribution in [0.4, 0.5) is 0 Å². The van der Waals surface area contributed by atoms with Crippen molar-refractivity contribution in [3.05, 3.63) is 29.8 Å². The van der Waals surface area contributed by atoms with Crippen LogP contribution in [0, 0.1) is 0 Å². The zero-order valence-corrected chi connectivity index (χ0v) is 17.8. The molecule has 0 aromatic heterocycles. The van der Waals surface area contributed by atoms with Crippen molar-refractivity contribution in [1.82, 2.24) is 9.80 Å². The molecule has 3 aliphatic rings. The molecule has 1 unspecified atom stereocenters. The van der Waals surface area contributed by atoms with Crippen molar-refractivity contribution < 1.29 is 23.9 Å². The lowest BCUT2D eigenvalue weighted by Crippen LogP contribution is -2.48. The van der Waals surface area contributed by atoms with Crippen LogP contribution in [-0.2, 0) is 24.6 Å². The summed E-state index contributed by atoms with van der Waals surface area (Å²) in [6.45, 7) is 0.426. The molecule has 2 atom stereocenters. The quantitative estimate of drug-likeness (QED) is 0.692. The Labute approximate surface area is 181 Å². The Hall–Kier alpha value is -2.90. The Kier molecular flexibility index (Phi) is 5.73. The molecule has 0 spiro atoms. The van der Waals surface area contributed by atoms with E-state index in [1.807, 2.05) is 0 Å². The van der Waals surface area contributed by atoms with E-state index < -0.39 is 17.4 Å². The van der Waals surface area contributed by atoms with Crippen LogP contribution in [0.15, 0.2) is 24.3 Å². The molecule has 31 heavy (non-hydrogen) atoms. The summed E-state index contributed by atoms with van der Waals surface area (Å²) in [5, 5.41) is 0. The van der Waals surface area contributed by atoms with Crippen LogP contribution in [0.2, 0.25) is 0 Å². The fourth-order valence-electron chi connectivity index (χ4n) is 5.40. The van der Waals surface area contributed by atoms with E-state index in [1.165, 1.54) is 16.9 Å². The van der Waals surface area contributed by atoms with Crippen LogP contribution in [0.1, 0.15) is 56.9 Å². The van der Waals surface area contributed by atoms with E-state index in [0.717, 1.165) is 25.7 Å². The number of carbonyl (C=O) groups is 4. The molecule has 1 saturated carbocycles. The predicted molar refractivity (Wildman–Crippen MR) is 112 cm³/mol. The Balaban J connectivity index is 1.71. The van der Waals surface area contributed by atoms with Gasteiger partial charge in [0.2, 0.25) is 23.6 Å². The van der Waals surface area contributed by atoms with Gasteiger partial charge in [0.1, 0.15) is 11.8 Å². The highest BCUT2D eigenvalue weighted by atomic mass is 16.5. The molecule has 1 aromatic rings. The van der Waals surface area contributed by atoms with Crippen molar-refractivity contribution in [2.24, 2.45) is 5.73 Å². The average Bonchev–Trinajstić information content (AvgIpc) is 3.49. The number of hydrogen-bond acceptors (Lipinski definition) is 5. The third-order valence-electron chi connectivity index (χ3n) is 7.02. The lowest BCUT2D eigenvalue weighted by Gasteiger charge is -2.32. The summed E-state index contributed by atoms with van der Waals surface area (Å²) in [4.78, 5) is 54.9. The van der Waals surface area contributed by atoms with Gasteiger partial charge in [-0.2, -0.15) is 0 Å². The van der Waals surface area contributed by atoms with Gasteiger partial charge in [-0.3, -0.25) is 24.1 Å². The highest BCUT2D eigenvalue weighted by molar-refractivity contribution is 6.11. The van der Waals surface area contributed by atoms with Crippen molar-refractivity contribution in [2.45, 2.75) is 68.9 Å². The van der Waals surface area contributed by atoms with Gasteiger partial charge in [-0.25, -0.2) is 0 Å². The Bertz CT molecular complexity index is 910. The molecule has 2 heterocycles. The highest BCUT2D eigenvalue weighted by Gasteiger charge is 2.56. The van der Waals surface area contributed by atoms with Crippen molar-refractivity contribution in [3.63, 3.8) is 0 Å². The zero-order valence-electron chi connectivity index (χ0n) is 17.8. The Morgan fingerprint density at radius 2 is 1.90 bits per heavy atom. The van der Waals surface area contributed by atoms with Gasteiger partial charge in [0.15, 0.2) is 0 Å². The van der Waals surface area contributed by atoms with Crippen LogP contribution < -0.4 is 10.5 Å². The first-order valence-electron chi connectivity index (χ1n) is 11.0. The van der Waals surface area contributed by atoms with Gasteiger partial charge < -0.3 is 15.4 Å². The third-order valence-corrected chi connectivity index (χ3v) is 7.02. The van der Waals surface area contributed by atoms with Crippen LogP contribution >= 0.6 is 0 Å². The second-order valence-electron chi connectivity index (χ2n) is 8.82. The minimum absolute atomic E-state index is 0.0592. The van der Waals surface area contributed by atoms with E-state index in [9.17, 15) is 19.2 Å². The largest absolute Gasteiger partial charge is 0.497 e. The highest BCUT2D eigenvalue weighted by Crippen LogP contribution is 2.44. The van der Waals surface area contributed by atoms with Gasteiger partial charge in [-0.15, -0.1) is 0 Å². The maximum Gasteiger partial charge on any atom is 0.241 e. The first kappa shape index (κ1) is 21.3. The first-order chi connectivity index (χ1) is 14.9. The topological polar surface area (TPSA) is 110 Å². The molecule has 0 radical (unpaired) electrons. The molecule has 2 N–H and O–H groups in total. The molecule has 2 aliphatic heterocycles. The maximum atomic E-state index is 13.8. The number of amides is 4. The predicted octanol–water partition coefficient (Wildman–Crippen LogP) is 1.50. The number of hydrogen-bond donors (Lipinski definition) is 1. The third kappa shape index (κ3) is 3.68. The summed E-state index contributed by atoms with van der Waals surface area (Å²) in [7, 11) is 1.53. The van der Waals surface area contributed by atoms with Gasteiger partial charge in [0, 0.05) is 25.4 Å². The number of benzene rings is 1. The number of rotatable bonds is 6. The Morgan fingerprint density at radius 1 is 1.16 bits per heavy atom. The summed E-state index contributed by atoms with van der Waals surface area (Å²) >= 11 is 0. The molecular weight excluding hydrogens is 398 g/mol. The standard InChI is InChI=1S/C23H29N3O5/c1-31-17-9-4-6-15(12-17)23(13-19(27)25-11-5-10-18(25)21(24)29)14-20(28)26(22(23)30)16-7-2-3-8-16/h4,6,9,12,16,18H,2-3,5,7-8,10-11,13-14H2,1H3,(H2,24,29)/t18-,23?/m0/s1. The number of likely N-dealkylation sites (tertiary alicyclic amines) is 2. The van der Waals surface area contributed by atoms with Gasteiger partial charge in [0.25, 0.3) is 0 Å². The van der Waals surface area contributed by atoms with Gasteiger partial charge in [0.05, 0.1) is 12.5 Å². The molecular formula is C23H29N3O5. The van der Waals surface area contributed by atoms with Crippen LogP contribution in [-0.4, -0.2) is 59.2 Å². The average molecular weight is 428 g/mol. The van der Waals surface area contributed by atoms with E-state index in [-0.39, 0.29) is 36.6 Å².